The maximum atomic E-state index is 5.95. The van der Waals surface area contributed by atoms with Crippen molar-refractivity contribution in [2.45, 2.75) is 39.5 Å². The lowest BCUT2D eigenvalue weighted by atomic mass is 9.93. The highest BCUT2D eigenvalue weighted by Gasteiger charge is 2.17. The maximum absolute atomic E-state index is 5.95. The summed E-state index contributed by atoms with van der Waals surface area (Å²) in [6.07, 6.45) is 6.89. The number of fused-ring (bicyclic) bond motifs is 1. The molecule has 0 bridgehead atoms. The minimum atomic E-state index is 0.713. The first kappa shape index (κ1) is 19.9. The molecule has 5 nitrogen and oxygen atoms in total. The summed E-state index contributed by atoms with van der Waals surface area (Å²) >= 11 is 0. The summed E-state index contributed by atoms with van der Waals surface area (Å²) in [7, 11) is 4.28. The molecule has 3 aromatic rings. The average Bonchev–Trinajstić information content (AvgIpc) is 3.05. The van der Waals surface area contributed by atoms with Crippen molar-refractivity contribution in [2.24, 2.45) is 13.0 Å². The number of aromatic nitrogens is 3. The van der Waals surface area contributed by atoms with Crippen LogP contribution in [-0.2, 0) is 7.05 Å². The van der Waals surface area contributed by atoms with Crippen LogP contribution in [0.25, 0.3) is 22.4 Å². The Labute approximate surface area is 173 Å². The second-order valence-electron chi connectivity index (χ2n) is 8.51. The first-order chi connectivity index (χ1) is 14.0. The number of likely N-dealkylation sites (tertiary alicyclic amines) is 1. The van der Waals surface area contributed by atoms with Gasteiger partial charge in [0.1, 0.15) is 5.82 Å². The normalized spacial score (nSPS) is 15.9. The van der Waals surface area contributed by atoms with Crippen LogP contribution in [0.2, 0.25) is 0 Å². The van der Waals surface area contributed by atoms with E-state index in [-0.39, 0.29) is 0 Å². The van der Waals surface area contributed by atoms with Gasteiger partial charge in [0.25, 0.3) is 0 Å². The minimum absolute atomic E-state index is 0.713. The Morgan fingerprint density at radius 2 is 1.90 bits per heavy atom. The Morgan fingerprint density at radius 1 is 1.10 bits per heavy atom. The molecule has 1 aliphatic rings. The van der Waals surface area contributed by atoms with Crippen molar-refractivity contribution in [3.8, 4) is 17.3 Å². The summed E-state index contributed by atoms with van der Waals surface area (Å²) in [6, 6.07) is 8.34. The van der Waals surface area contributed by atoms with Crippen LogP contribution >= 0.6 is 0 Å². The quantitative estimate of drug-likeness (QED) is 0.568. The molecule has 0 unspecified atom stereocenters. The van der Waals surface area contributed by atoms with E-state index in [0.717, 1.165) is 46.9 Å². The van der Waals surface area contributed by atoms with Gasteiger partial charge in [-0.1, -0.05) is 12.1 Å². The largest absolute Gasteiger partial charge is 0.478 e. The number of pyridine rings is 1. The van der Waals surface area contributed by atoms with Crippen molar-refractivity contribution in [3.05, 3.63) is 41.6 Å². The Kier molecular flexibility index (Phi) is 5.86. The van der Waals surface area contributed by atoms with Gasteiger partial charge in [-0.25, -0.2) is 9.97 Å². The molecule has 1 saturated heterocycles. The second-order valence-corrected chi connectivity index (χ2v) is 8.51. The molecule has 0 aliphatic carbocycles. The summed E-state index contributed by atoms with van der Waals surface area (Å²) in [4.78, 5) is 11.9. The topological polar surface area (TPSA) is 43.2 Å². The summed E-state index contributed by atoms with van der Waals surface area (Å²) in [5.74, 6) is 2.52. The number of imidazole rings is 1. The zero-order chi connectivity index (χ0) is 20.4. The number of aryl methyl sites for hydroxylation is 3. The highest BCUT2D eigenvalue weighted by atomic mass is 16.5. The molecule has 154 valence electrons. The third kappa shape index (κ3) is 4.30. The molecular weight excluding hydrogens is 360 g/mol. The van der Waals surface area contributed by atoms with Gasteiger partial charge in [0.2, 0.25) is 5.88 Å². The van der Waals surface area contributed by atoms with Crippen LogP contribution < -0.4 is 4.74 Å². The van der Waals surface area contributed by atoms with Crippen LogP contribution in [-0.4, -0.2) is 46.2 Å². The highest BCUT2D eigenvalue weighted by Crippen LogP contribution is 2.29. The lowest BCUT2D eigenvalue weighted by molar-refractivity contribution is 0.199. The maximum Gasteiger partial charge on any atom is 0.213 e. The van der Waals surface area contributed by atoms with Crippen LogP contribution in [0, 0.1) is 19.8 Å². The Hall–Kier alpha value is -2.40. The molecule has 0 saturated carbocycles. The van der Waals surface area contributed by atoms with Gasteiger partial charge in [0.05, 0.1) is 17.6 Å². The van der Waals surface area contributed by atoms with Crippen molar-refractivity contribution in [1.29, 1.82) is 0 Å². The number of piperidine rings is 1. The first-order valence-electron chi connectivity index (χ1n) is 10.7. The van der Waals surface area contributed by atoms with E-state index in [1.54, 1.807) is 0 Å². The van der Waals surface area contributed by atoms with E-state index < -0.39 is 0 Å². The number of ether oxygens (including phenoxy) is 1. The van der Waals surface area contributed by atoms with E-state index >= 15 is 0 Å². The summed E-state index contributed by atoms with van der Waals surface area (Å²) in [5, 5.41) is 0. The fraction of sp³-hybridized carbons (Fsp3) is 0.500. The summed E-state index contributed by atoms with van der Waals surface area (Å²) in [5.41, 5.74) is 5.59. The molecule has 4 rings (SSSR count). The molecule has 1 aromatic carbocycles. The van der Waals surface area contributed by atoms with Gasteiger partial charge < -0.3 is 14.2 Å². The van der Waals surface area contributed by atoms with E-state index in [0.29, 0.717) is 5.88 Å². The summed E-state index contributed by atoms with van der Waals surface area (Å²) in [6.45, 7) is 7.41. The van der Waals surface area contributed by atoms with Gasteiger partial charge in [0, 0.05) is 24.9 Å². The number of rotatable bonds is 6. The standard InChI is InChI=1S/C24H32N4O/c1-17-7-5-9-21-23(17)26-24(28(21)4)20-16-25-22(15-18(20)2)29-14-6-8-19-10-12-27(3)13-11-19/h5,7,9,15-16,19H,6,8,10-14H2,1-4H3. The molecule has 0 radical (unpaired) electrons. The molecule has 1 aliphatic heterocycles. The fourth-order valence-corrected chi connectivity index (χ4v) is 4.34. The molecule has 0 N–H and O–H groups in total. The monoisotopic (exact) mass is 392 g/mol. The molecule has 5 heteroatoms. The molecular formula is C24H32N4O. The molecule has 0 spiro atoms. The first-order valence-corrected chi connectivity index (χ1v) is 10.7. The molecule has 2 aromatic heterocycles. The zero-order valence-corrected chi connectivity index (χ0v) is 18.1. The van der Waals surface area contributed by atoms with Crippen molar-refractivity contribution >= 4 is 11.0 Å². The zero-order valence-electron chi connectivity index (χ0n) is 18.1. The lowest BCUT2D eigenvalue weighted by Crippen LogP contribution is -2.30. The van der Waals surface area contributed by atoms with E-state index in [1.165, 1.54) is 37.9 Å². The van der Waals surface area contributed by atoms with Crippen LogP contribution in [0.5, 0.6) is 5.88 Å². The summed E-state index contributed by atoms with van der Waals surface area (Å²) < 4.78 is 8.10. The van der Waals surface area contributed by atoms with E-state index in [2.05, 4.69) is 60.6 Å². The van der Waals surface area contributed by atoms with Gasteiger partial charge in [-0.05, 0) is 82.8 Å². The van der Waals surface area contributed by atoms with Gasteiger partial charge in [-0.3, -0.25) is 0 Å². The minimum Gasteiger partial charge on any atom is -0.478 e. The van der Waals surface area contributed by atoms with Gasteiger partial charge >= 0.3 is 0 Å². The van der Waals surface area contributed by atoms with Crippen LogP contribution in [0.1, 0.15) is 36.8 Å². The third-order valence-corrected chi connectivity index (χ3v) is 6.28. The Morgan fingerprint density at radius 3 is 2.62 bits per heavy atom. The van der Waals surface area contributed by atoms with E-state index in [1.807, 2.05) is 12.3 Å². The molecule has 0 atom stereocenters. The van der Waals surface area contributed by atoms with Crippen molar-refractivity contribution in [1.82, 2.24) is 19.4 Å². The average molecular weight is 393 g/mol. The highest BCUT2D eigenvalue weighted by molar-refractivity contribution is 5.83. The fourth-order valence-electron chi connectivity index (χ4n) is 4.34. The molecule has 0 amide bonds. The second kappa shape index (κ2) is 8.54. The number of para-hydroxylation sites is 1. The van der Waals surface area contributed by atoms with Crippen LogP contribution in [0.3, 0.4) is 0 Å². The van der Waals surface area contributed by atoms with Crippen molar-refractivity contribution < 1.29 is 4.74 Å². The van der Waals surface area contributed by atoms with Gasteiger partial charge in [0.15, 0.2) is 0 Å². The molecule has 3 heterocycles. The molecule has 1 fully saturated rings. The van der Waals surface area contributed by atoms with Crippen molar-refractivity contribution in [2.75, 3.05) is 26.7 Å². The van der Waals surface area contributed by atoms with Crippen LogP contribution in [0.15, 0.2) is 30.5 Å². The predicted molar refractivity (Wildman–Crippen MR) is 118 cm³/mol. The molecule has 29 heavy (non-hydrogen) atoms. The number of benzene rings is 1. The van der Waals surface area contributed by atoms with Crippen LogP contribution in [0.4, 0.5) is 0 Å². The number of nitrogens with zero attached hydrogens (tertiary/aromatic N) is 4. The Balaban J connectivity index is 1.40. The van der Waals surface area contributed by atoms with Gasteiger partial charge in [-0.2, -0.15) is 0 Å². The SMILES string of the molecule is Cc1cc(OCCCC2CCN(C)CC2)ncc1-c1nc2c(C)cccc2n1C. The van der Waals surface area contributed by atoms with E-state index in [4.69, 9.17) is 9.72 Å². The van der Waals surface area contributed by atoms with Crippen molar-refractivity contribution in [3.63, 3.8) is 0 Å². The lowest BCUT2D eigenvalue weighted by Gasteiger charge is -2.28. The smallest absolute Gasteiger partial charge is 0.213 e. The van der Waals surface area contributed by atoms with Gasteiger partial charge in [-0.15, -0.1) is 0 Å². The predicted octanol–water partition coefficient (Wildman–Crippen LogP) is 4.75. The number of hydrogen-bond donors (Lipinski definition) is 0. The number of hydrogen-bond acceptors (Lipinski definition) is 4. The van der Waals surface area contributed by atoms with E-state index in [9.17, 15) is 0 Å². The Bertz CT molecular complexity index is 986. The third-order valence-electron chi connectivity index (χ3n) is 6.28.